The van der Waals surface area contributed by atoms with Crippen molar-refractivity contribution in [2.45, 2.75) is 25.9 Å². The largest absolute Gasteiger partial charge is 0.495 e. The zero-order valence-corrected chi connectivity index (χ0v) is 13.6. The van der Waals surface area contributed by atoms with Gasteiger partial charge in [0.25, 0.3) is 0 Å². The third-order valence-corrected chi connectivity index (χ3v) is 4.52. The molecule has 4 nitrogen and oxygen atoms in total. The first-order valence-electron chi connectivity index (χ1n) is 7.57. The van der Waals surface area contributed by atoms with Gasteiger partial charge in [-0.25, -0.2) is 0 Å². The van der Waals surface area contributed by atoms with Crippen molar-refractivity contribution >= 4 is 11.6 Å². The molecular formula is C16H25ClN2O2. The monoisotopic (exact) mass is 312 g/mol. The molecule has 0 saturated carbocycles. The van der Waals surface area contributed by atoms with E-state index in [-0.39, 0.29) is 6.61 Å². The van der Waals surface area contributed by atoms with Gasteiger partial charge in [0.2, 0.25) is 0 Å². The highest BCUT2D eigenvalue weighted by molar-refractivity contribution is 6.32. The van der Waals surface area contributed by atoms with Crippen molar-refractivity contribution in [3.63, 3.8) is 0 Å². The van der Waals surface area contributed by atoms with Crippen molar-refractivity contribution in [2.75, 3.05) is 39.9 Å². The highest BCUT2D eigenvalue weighted by atomic mass is 35.5. The second-order valence-electron chi connectivity index (χ2n) is 5.53. The summed E-state index contributed by atoms with van der Waals surface area (Å²) in [5.74, 6) is 0.721. The summed E-state index contributed by atoms with van der Waals surface area (Å²) in [5, 5.41) is 10.0. The maximum Gasteiger partial charge on any atom is 0.137 e. The van der Waals surface area contributed by atoms with Crippen LogP contribution < -0.4 is 4.74 Å². The Morgan fingerprint density at radius 2 is 2.00 bits per heavy atom. The van der Waals surface area contributed by atoms with Crippen LogP contribution in [0.2, 0.25) is 5.02 Å². The van der Waals surface area contributed by atoms with Gasteiger partial charge in [-0.1, -0.05) is 24.6 Å². The van der Waals surface area contributed by atoms with Crippen LogP contribution in [0.4, 0.5) is 0 Å². The molecule has 0 aliphatic carbocycles. The van der Waals surface area contributed by atoms with Crippen molar-refractivity contribution in [3.8, 4) is 5.75 Å². The molecule has 1 N–H and O–H groups in total. The Hall–Kier alpha value is -0.810. The number of piperazine rings is 1. The molecule has 21 heavy (non-hydrogen) atoms. The quantitative estimate of drug-likeness (QED) is 0.874. The Balaban J connectivity index is 1.87. The molecule has 1 heterocycles. The molecule has 0 aromatic heterocycles. The predicted molar refractivity (Wildman–Crippen MR) is 86.0 cm³/mol. The van der Waals surface area contributed by atoms with Crippen LogP contribution in [0, 0.1) is 0 Å². The van der Waals surface area contributed by atoms with Crippen molar-refractivity contribution in [1.82, 2.24) is 9.80 Å². The molecule has 2 rings (SSSR count). The number of aliphatic hydroxyl groups is 1. The summed E-state index contributed by atoms with van der Waals surface area (Å²) in [7, 11) is 1.63. The molecule has 118 valence electrons. The number of halogens is 1. The van der Waals surface area contributed by atoms with E-state index in [1.807, 2.05) is 12.1 Å². The molecule has 1 saturated heterocycles. The van der Waals surface area contributed by atoms with Gasteiger partial charge in [0, 0.05) is 38.8 Å². The van der Waals surface area contributed by atoms with Crippen LogP contribution in [0.5, 0.6) is 5.75 Å². The number of rotatable bonds is 6. The second-order valence-corrected chi connectivity index (χ2v) is 5.93. The summed E-state index contributed by atoms with van der Waals surface area (Å²) in [6.07, 6.45) is 1.00. The topological polar surface area (TPSA) is 35.9 Å². The Morgan fingerprint density at radius 1 is 1.29 bits per heavy atom. The van der Waals surface area contributed by atoms with Crippen LogP contribution in [-0.2, 0) is 6.54 Å². The van der Waals surface area contributed by atoms with Gasteiger partial charge < -0.3 is 9.84 Å². The third kappa shape index (κ3) is 4.33. The van der Waals surface area contributed by atoms with Gasteiger partial charge in [0.15, 0.2) is 0 Å². The number of ether oxygens (including phenoxy) is 1. The summed E-state index contributed by atoms with van der Waals surface area (Å²) in [6.45, 7) is 7.39. The Bertz CT molecular complexity index is 444. The maximum absolute atomic E-state index is 9.38. The highest BCUT2D eigenvalue weighted by Crippen LogP contribution is 2.25. The number of hydrogen-bond acceptors (Lipinski definition) is 4. The second kappa shape index (κ2) is 7.99. The van der Waals surface area contributed by atoms with E-state index in [4.69, 9.17) is 16.3 Å². The molecule has 5 heteroatoms. The smallest absolute Gasteiger partial charge is 0.137 e. The van der Waals surface area contributed by atoms with Crippen molar-refractivity contribution in [1.29, 1.82) is 0 Å². The van der Waals surface area contributed by atoms with E-state index in [0.29, 0.717) is 11.1 Å². The Labute approximate surface area is 132 Å². The van der Waals surface area contributed by atoms with E-state index in [1.165, 1.54) is 5.56 Å². The van der Waals surface area contributed by atoms with Crippen LogP contribution in [0.15, 0.2) is 18.2 Å². The van der Waals surface area contributed by atoms with Gasteiger partial charge in [0.05, 0.1) is 18.7 Å². The number of nitrogens with zero attached hydrogens (tertiary/aromatic N) is 2. The summed E-state index contributed by atoms with van der Waals surface area (Å²) in [4.78, 5) is 4.82. The average Bonchev–Trinajstić information content (AvgIpc) is 2.50. The SMILES string of the molecule is CCC(CO)N1CCN(Cc2ccc(OC)c(Cl)c2)CC1. The zero-order chi connectivity index (χ0) is 15.2. The van der Waals surface area contributed by atoms with Gasteiger partial charge in [0.1, 0.15) is 5.75 Å². The Kier molecular flexibility index (Phi) is 6.30. The maximum atomic E-state index is 9.38. The minimum Gasteiger partial charge on any atom is -0.495 e. The van der Waals surface area contributed by atoms with Gasteiger partial charge in [-0.15, -0.1) is 0 Å². The fraction of sp³-hybridized carbons (Fsp3) is 0.625. The molecule has 1 atom stereocenters. The van der Waals surface area contributed by atoms with Crippen LogP contribution >= 0.6 is 11.6 Å². The van der Waals surface area contributed by atoms with E-state index in [1.54, 1.807) is 7.11 Å². The number of aliphatic hydroxyl groups excluding tert-OH is 1. The molecule has 1 aliphatic heterocycles. The van der Waals surface area contributed by atoms with Gasteiger partial charge >= 0.3 is 0 Å². The van der Waals surface area contributed by atoms with Crippen LogP contribution in [0.25, 0.3) is 0 Å². The molecule has 1 aromatic carbocycles. The minimum atomic E-state index is 0.255. The van der Waals surface area contributed by atoms with E-state index >= 15 is 0 Å². The first kappa shape index (κ1) is 16.6. The predicted octanol–water partition coefficient (Wildman–Crippen LogP) is 2.24. The molecular weight excluding hydrogens is 288 g/mol. The van der Waals surface area contributed by atoms with Gasteiger partial charge in [-0.05, 0) is 24.1 Å². The van der Waals surface area contributed by atoms with E-state index in [0.717, 1.165) is 44.9 Å². The number of hydrogen-bond donors (Lipinski definition) is 1. The standard InChI is InChI=1S/C16H25ClN2O2/c1-3-14(12-20)19-8-6-18(7-9-19)11-13-4-5-16(21-2)15(17)10-13/h4-5,10,14,20H,3,6-9,11-12H2,1-2H3. The van der Waals surface area contributed by atoms with Crippen molar-refractivity contribution < 1.29 is 9.84 Å². The first-order chi connectivity index (χ1) is 10.2. The van der Waals surface area contributed by atoms with Gasteiger partial charge in [-0.2, -0.15) is 0 Å². The average molecular weight is 313 g/mol. The fourth-order valence-electron chi connectivity index (χ4n) is 2.86. The minimum absolute atomic E-state index is 0.255. The lowest BCUT2D eigenvalue weighted by molar-refractivity contribution is 0.0608. The fourth-order valence-corrected chi connectivity index (χ4v) is 3.14. The normalized spacial score (nSPS) is 18.7. The van der Waals surface area contributed by atoms with Crippen LogP contribution in [0.1, 0.15) is 18.9 Å². The molecule has 0 bridgehead atoms. The summed E-state index contributed by atoms with van der Waals surface area (Å²) in [5.41, 5.74) is 1.21. The van der Waals surface area contributed by atoms with Crippen LogP contribution in [0.3, 0.4) is 0 Å². The lowest BCUT2D eigenvalue weighted by Gasteiger charge is -2.38. The molecule has 1 fully saturated rings. The summed E-state index contributed by atoms with van der Waals surface area (Å²) >= 11 is 6.17. The lowest BCUT2D eigenvalue weighted by atomic mass is 10.1. The third-order valence-electron chi connectivity index (χ3n) is 4.23. The lowest BCUT2D eigenvalue weighted by Crippen LogP contribution is -2.50. The zero-order valence-electron chi connectivity index (χ0n) is 12.9. The highest BCUT2D eigenvalue weighted by Gasteiger charge is 2.22. The summed E-state index contributed by atoms with van der Waals surface area (Å²) < 4.78 is 5.18. The van der Waals surface area contributed by atoms with Crippen molar-refractivity contribution in [2.24, 2.45) is 0 Å². The molecule has 0 amide bonds. The van der Waals surface area contributed by atoms with E-state index in [9.17, 15) is 5.11 Å². The van der Waals surface area contributed by atoms with Crippen molar-refractivity contribution in [3.05, 3.63) is 28.8 Å². The van der Waals surface area contributed by atoms with E-state index < -0.39 is 0 Å². The molecule has 1 aromatic rings. The number of benzene rings is 1. The molecule has 1 aliphatic rings. The molecule has 1 unspecified atom stereocenters. The van der Waals surface area contributed by atoms with E-state index in [2.05, 4.69) is 22.8 Å². The molecule has 0 radical (unpaired) electrons. The molecule has 0 spiro atoms. The Morgan fingerprint density at radius 3 is 2.52 bits per heavy atom. The summed E-state index contributed by atoms with van der Waals surface area (Å²) in [6, 6.07) is 6.28. The first-order valence-corrected chi connectivity index (χ1v) is 7.95. The van der Waals surface area contributed by atoms with Gasteiger partial charge in [-0.3, -0.25) is 9.80 Å². The number of methoxy groups -OCH3 is 1. The van der Waals surface area contributed by atoms with Crippen LogP contribution in [-0.4, -0.2) is 60.8 Å².